The van der Waals surface area contributed by atoms with E-state index in [1.165, 1.54) is 12.8 Å². The summed E-state index contributed by atoms with van der Waals surface area (Å²) in [7, 11) is 0. The minimum Gasteiger partial charge on any atom is -0.392 e. The fraction of sp³-hybridized carbons (Fsp3) is 1.00. The van der Waals surface area contributed by atoms with Crippen molar-refractivity contribution in [2.75, 3.05) is 13.2 Å². The molecule has 1 saturated carbocycles. The highest BCUT2D eigenvalue weighted by atomic mass is 16.5. The van der Waals surface area contributed by atoms with Crippen molar-refractivity contribution in [3.05, 3.63) is 0 Å². The molecular formula is C10H19NO2. The summed E-state index contributed by atoms with van der Waals surface area (Å²) in [5.74, 6) is 0. The summed E-state index contributed by atoms with van der Waals surface area (Å²) in [5.41, 5.74) is 0. The third-order valence-electron chi connectivity index (χ3n) is 3.11. The third kappa shape index (κ3) is 2.42. The van der Waals surface area contributed by atoms with Crippen LogP contribution in [0.1, 0.15) is 32.1 Å². The maximum absolute atomic E-state index is 9.73. The molecule has 0 aromatic carbocycles. The van der Waals surface area contributed by atoms with Crippen molar-refractivity contribution in [1.82, 2.24) is 5.32 Å². The molecule has 3 heteroatoms. The molecular weight excluding hydrogens is 166 g/mol. The van der Waals surface area contributed by atoms with Gasteiger partial charge in [0.05, 0.1) is 12.7 Å². The summed E-state index contributed by atoms with van der Waals surface area (Å²) >= 11 is 0. The Morgan fingerprint density at radius 3 is 2.69 bits per heavy atom. The standard InChI is InChI=1S/C10H19NO2/c12-10-4-2-1-3-9(10)11-8-5-6-13-7-8/h8-12H,1-7H2/t8?,9-,10-/m1/s1. The molecule has 1 aliphatic carbocycles. The Morgan fingerprint density at radius 2 is 2.00 bits per heavy atom. The lowest BCUT2D eigenvalue weighted by molar-refractivity contribution is 0.0828. The van der Waals surface area contributed by atoms with E-state index in [-0.39, 0.29) is 6.10 Å². The van der Waals surface area contributed by atoms with Gasteiger partial charge in [-0.25, -0.2) is 0 Å². The van der Waals surface area contributed by atoms with Crippen LogP contribution in [0.4, 0.5) is 0 Å². The van der Waals surface area contributed by atoms with Gasteiger partial charge in [-0.05, 0) is 19.3 Å². The summed E-state index contributed by atoms with van der Waals surface area (Å²) in [6.45, 7) is 1.70. The van der Waals surface area contributed by atoms with Gasteiger partial charge < -0.3 is 15.2 Å². The maximum atomic E-state index is 9.73. The molecule has 2 fully saturated rings. The molecule has 1 saturated heterocycles. The van der Waals surface area contributed by atoms with E-state index >= 15 is 0 Å². The maximum Gasteiger partial charge on any atom is 0.0693 e. The van der Waals surface area contributed by atoms with Crippen molar-refractivity contribution in [3.8, 4) is 0 Å². The van der Waals surface area contributed by atoms with E-state index < -0.39 is 0 Å². The lowest BCUT2D eigenvalue weighted by atomic mass is 9.92. The van der Waals surface area contributed by atoms with E-state index in [0.29, 0.717) is 12.1 Å². The lowest BCUT2D eigenvalue weighted by Gasteiger charge is -2.30. The number of aliphatic hydroxyl groups is 1. The second kappa shape index (κ2) is 4.40. The Labute approximate surface area is 79.5 Å². The Balaban J connectivity index is 1.78. The smallest absolute Gasteiger partial charge is 0.0693 e. The predicted molar refractivity (Wildman–Crippen MR) is 50.6 cm³/mol. The average molecular weight is 185 g/mol. The molecule has 0 amide bonds. The highest BCUT2D eigenvalue weighted by molar-refractivity contribution is 4.84. The molecule has 1 aliphatic heterocycles. The van der Waals surface area contributed by atoms with Crippen LogP contribution in [0.25, 0.3) is 0 Å². The van der Waals surface area contributed by atoms with E-state index in [9.17, 15) is 5.11 Å². The van der Waals surface area contributed by atoms with Crippen LogP contribution in [0, 0.1) is 0 Å². The van der Waals surface area contributed by atoms with Gasteiger partial charge in [0, 0.05) is 18.7 Å². The third-order valence-corrected chi connectivity index (χ3v) is 3.11. The molecule has 1 heterocycles. The zero-order chi connectivity index (χ0) is 9.10. The summed E-state index contributed by atoms with van der Waals surface area (Å²) in [6, 6.07) is 0.804. The molecule has 3 atom stereocenters. The fourth-order valence-corrected chi connectivity index (χ4v) is 2.27. The van der Waals surface area contributed by atoms with Gasteiger partial charge in [0.1, 0.15) is 0 Å². The zero-order valence-electron chi connectivity index (χ0n) is 8.04. The van der Waals surface area contributed by atoms with Crippen molar-refractivity contribution < 1.29 is 9.84 Å². The molecule has 1 unspecified atom stereocenters. The summed E-state index contributed by atoms with van der Waals surface area (Å²) in [4.78, 5) is 0. The number of nitrogens with one attached hydrogen (secondary N) is 1. The van der Waals surface area contributed by atoms with Crippen molar-refractivity contribution in [3.63, 3.8) is 0 Å². The highest BCUT2D eigenvalue weighted by Gasteiger charge is 2.26. The van der Waals surface area contributed by atoms with Gasteiger partial charge in [-0.1, -0.05) is 12.8 Å². The summed E-state index contributed by atoms with van der Waals surface area (Å²) in [6.07, 6.45) is 5.49. The molecule has 3 nitrogen and oxygen atoms in total. The molecule has 0 spiro atoms. The fourth-order valence-electron chi connectivity index (χ4n) is 2.27. The number of rotatable bonds is 2. The van der Waals surface area contributed by atoms with Gasteiger partial charge in [-0.2, -0.15) is 0 Å². The largest absolute Gasteiger partial charge is 0.392 e. The van der Waals surface area contributed by atoms with Crippen molar-refractivity contribution in [2.24, 2.45) is 0 Å². The Kier molecular flexibility index (Phi) is 3.19. The first-order chi connectivity index (χ1) is 6.36. The highest BCUT2D eigenvalue weighted by Crippen LogP contribution is 2.19. The van der Waals surface area contributed by atoms with Crippen LogP contribution < -0.4 is 5.32 Å². The van der Waals surface area contributed by atoms with Crippen molar-refractivity contribution in [1.29, 1.82) is 0 Å². The first-order valence-electron chi connectivity index (χ1n) is 5.38. The SMILES string of the molecule is O[C@@H]1CCCC[C@H]1NC1CCOC1. The van der Waals surface area contributed by atoms with Gasteiger partial charge in [0.25, 0.3) is 0 Å². The van der Waals surface area contributed by atoms with Crippen LogP contribution in [0.3, 0.4) is 0 Å². The Morgan fingerprint density at radius 1 is 1.15 bits per heavy atom. The quantitative estimate of drug-likeness (QED) is 0.664. The van der Waals surface area contributed by atoms with Gasteiger partial charge in [0.15, 0.2) is 0 Å². The first-order valence-corrected chi connectivity index (χ1v) is 5.38. The summed E-state index contributed by atoms with van der Waals surface area (Å²) < 4.78 is 5.29. The number of hydrogen-bond donors (Lipinski definition) is 2. The van der Waals surface area contributed by atoms with Gasteiger partial charge in [-0.3, -0.25) is 0 Å². The van der Waals surface area contributed by atoms with Crippen molar-refractivity contribution >= 4 is 0 Å². The number of ether oxygens (including phenoxy) is 1. The molecule has 2 rings (SSSR count). The molecule has 0 aromatic rings. The molecule has 2 aliphatic rings. The van der Waals surface area contributed by atoms with Gasteiger partial charge >= 0.3 is 0 Å². The van der Waals surface area contributed by atoms with Crippen LogP contribution in [-0.4, -0.2) is 36.5 Å². The monoisotopic (exact) mass is 185 g/mol. The van der Waals surface area contributed by atoms with E-state index in [1.54, 1.807) is 0 Å². The van der Waals surface area contributed by atoms with E-state index in [4.69, 9.17) is 4.74 Å². The molecule has 13 heavy (non-hydrogen) atoms. The number of hydrogen-bond acceptors (Lipinski definition) is 3. The normalized spacial score (nSPS) is 40.8. The van der Waals surface area contributed by atoms with E-state index in [0.717, 1.165) is 32.5 Å². The molecule has 0 aromatic heterocycles. The topological polar surface area (TPSA) is 41.5 Å². The molecule has 76 valence electrons. The van der Waals surface area contributed by atoms with Crippen LogP contribution >= 0.6 is 0 Å². The van der Waals surface area contributed by atoms with Crippen LogP contribution in [0.2, 0.25) is 0 Å². The van der Waals surface area contributed by atoms with Crippen LogP contribution in [-0.2, 0) is 4.74 Å². The number of aliphatic hydroxyl groups excluding tert-OH is 1. The first kappa shape index (κ1) is 9.44. The van der Waals surface area contributed by atoms with Gasteiger partial charge in [-0.15, -0.1) is 0 Å². The molecule has 2 N–H and O–H groups in total. The average Bonchev–Trinajstić information content (AvgIpc) is 2.61. The van der Waals surface area contributed by atoms with E-state index in [1.807, 2.05) is 0 Å². The zero-order valence-corrected chi connectivity index (χ0v) is 8.04. The van der Waals surface area contributed by atoms with Crippen molar-refractivity contribution in [2.45, 2.75) is 50.3 Å². The second-order valence-electron chi connectivity index (χ2n) is 4.19. The summed E-state index contributed by atoms with van der Waals surface area (Å²) in [5, 5.41) is 13.2. The van der Waals surface area contributed by atoms with Gasteiger partial charge in [0.2, 0.25) is 0 Å². The minimum absolute atomic E-state index is 0.130. The molecule has 0 radical (unpaired) electrons. The second-order valence-corrected chi connectivity index (χ2v) is 4.19. The predicted octanol–water partition coefficient (Wildman–Crippen LogP) is 0.668. The Bertz CT molecular complexity index is 157. The molecule has 0 bridgehead atoms. The lowest BCUT2D eigenvalue weighted by Crippen LogP contribution is -2.47. The van der Waals surface area contributed by atoms with Crippen LogP contribution in [0.15, 0.2) is 0 Å². The Hall–Kier alpha value is -0.120. The van der Waals surface area contributed by atoms with E-state index in [2.05, 4.69) is 5.32 Å². The minimum atomic E-state index is -0.130. The van der Waals surface area contributed by atoms with Crippen LogP contribution in [0.5, 0.6) is 0 Å².